The van der Waals surface area contributed by atoms with Crippen LogP contribution in [0, 0.1) is 6.42 Å². The first-order chi connectivity index (χ1) is 5.97. The summed E-state index contributed by atoms with van der Waals surface area (Å²) < 4.78 is 0. The monoisotopic (exact) mass is 166 g/mol. The molecule has 2 nitrogen and oxygen atoms in total. The van der Waals surface area contributed by atoms with E-state index < -0.39 is 0 Å². The molecule has 68 valence electrons. The molecule has 1 unspecified atom stereocenters. The highest BCUT2D eigenvalue weighted by Crippen LogP contribution is 2.16. The highest BCUT2D eigenvalue weighted by molar-refractivity contribution is 4.84. The van der Waals surface area contributed by atoms with Gasteiger partial charge in [0.1, 0.15) is 0 Å². The zero-order valence-corrected chi connectivity index (χ0v) is 7.71. The Morgan fingerprint density at radius 1 is 1.25 bits per heavy atom. The van der Waals surface area contributed by atoms with Crippen molar-refractivity contribution in [1.82, 2.24) is 10.2 Å². The van der Waals surface area contributed by atoms with Crippen molar-refractivity contribution in [3.8, 4) is 0 Å². The van der Waals surface area contributed by atoms with E-state index in [0.717, 1.165) is 19.1 Å². The van der Waals surface area contributed by atoms with Crippen LogP contribution in [0.5, 0.6) is 0 Å². The fourth-order valence-electron chi connectivity index (χ4n) is 2.20. The molecule has 2 rings (SSSR count). The van der Waals surface area contributed by atoms with Gasteiger partial charge >= 0.3 is 0 Å². The summed E-state index contributed by atoms with van der Waals surface area (Å²) in [5.41, 5.74) is 0. The standard InChI is InChI=1S/C10H18N2/c1-2-7-12(8-3-1)10-5-4-6-11-9-10/h1,10H,2-9H2. The highest BCUT2D eigenvalue weighted by atomic mass is 15.2. The van der Waals surface area contributed by atoms with E-state index in [-0.39, 0.29) is 0 Å². The van der Waals surface area contributed by atoms with Gasteiger partial charge in [0.25, 0.3) is 0 Å². The van der Waals surface area contributed by atoms with Crippen LogP contribution in [-0.4, -0.2) is 37.1 Å². The molecule has 12 heavy (non-hydrogen) atoms. The van der Waals surface area contributed by atoms with Crippen molar-refractivity contribution in [2.75, 3.05) is 26.2 Å². The van der Waals surface area contributed by atoms with Gasteiger partial charge in [-0.05, 0) is 45.2 Å². The molecule has 0 saturated carbocycles. The maximum Gasteiger partial charge on any atom is 0.0289 e. The van der Waals surface area contributed by atoms with Gasteiger partial charge in [-0.1, -0.05) is 0 Å². The molecule has 0 aromatic heterocycles. The summed E-state index contributed by atoms with van der Waals surface area (Å²) in [6.07, 6.45) is 7.68. The largest absolute Gasteiger partial charge is 0.299 e. The van der Waals surface area contributed by atoms with Crippen molar-refractivity contribution in [2.24, 2.45) is 0 Å². The third-order valence-electron chi connectivity index (χ3n) is 2.95. The number of hydrogen-bond donors (Lipinski definition) is 0. The SMILES string of the molecule is [CH]1CCN(C2CCC[N]C2)CC1. The molecule has 0 bridgehead atoms. The van der Waals surface area contributed by atoms with E-state index in [9.17, 15) is 0 Å². The van der Waals surface area contributed by atoms with E-state index in [2.05, 4.69) is 16.6 Å². The highest BCUT2D eigenvalue weighted by Gasteiger charge is 2.22. The topological polar surface area (TPSA) is 17.3 Å². The molecule has 2 aliphatic rings. The Bertz CT molecular complexity index is 108. The minimum atomic E-state index is 0.785. The van der Waals surface area contributed by atoms with Crippen LogP contribution in [0.25, 0.3) is 0 Å². The quantitative estimate of drug-likeness (QED) is 0.569. The Morgan fingerprint density at radius 2 is 2.08 bits per heavy atom. The molecule has 2 aliphatic heterocycles. The second-order valence-corrected chi connectivity index (χ2v) is 3.83. The van der Waals surface area contributed by atoms with Crippen LogP contribution >= 0.6 is 0 Å². The zero-order chi connectivity index (χ0) is 8.23. The lowest BCUT2D eigenvalue weighted by Gasteiger charge is -2.36. The molecule has 0 aromatic carbocycles. The summed E-state index contributed by atoms with van der Waals surface area (Å²) in [5, 5.41) is 4.48. The summed E-state index contributed by atoms with van der Waals surface area (Å²) in [4.78, 5) is 2.63. The van der Waals surface area contributed by atoms with Gasteiger partial charge in [0.15, 0.2) is 0 Å². The molecule has 2 heteroatoms. The number of nitrogens with zero attached hydrogens (tertiary/aromatic N) is 2. The summed E-state index contributed by atoms with van der Waals surface area (Å²) in [5.74, 6) is 0. The molecule has 1 atom stereocenters. The van der Waals surface area contributed by atoms with Crippen LogP contribution in [0.3, 0.4) is 0 Å². The maximum atomic E-state index is 4.48. The van der Waals surface area contributed by atoms with Crippen molar-refractivity contribution in [3.05, 3.63) is 6.42 Å². The van der Waals surface area contributed by atoms with E-state index in [1.54, 1.807) is 0 Å². The molecule has 2 heterocycles. The lowest BCUT2D eigenvalue weighted by atomic mass is 10.0. The van der Waals surface area contributed by atoms with E-state index in [4.69, 9.17) is 0 Å². The number of piperidine rings is 2. The minimum Gasteiger partial charge on any atom is -0.299 e. The predicted molar refractivity (Wildman–Crippen MR) is 50.0 cm³/mol. The van der Waals surface area contributed by atoms with E-state index >= 15 is 0 Å². The fraction of sp³-hybridized carbons (Fsp3) is 0.900. The van der Waals surface area contributed by atoms with Crippen molar-refractivity contribution in [3.63, 3.8) is 0 Å². The van der Waals surface area contributed by atoms with Crippen molar-refractivity contribution >= 4 is 0 Å². The van der Waals surface area contributed by atoms with Gasteiger partial charge < -0.3 is 0 Å². The molecule has 2 fully saturated rings. The van der Waals surface area contributed by atoms with E-state index in [0.29, 0.717) is 0 Å². The lowest BCUT2D eigenvalue weighted by molar-refractivity contribution is 0.152. The average molecular weight is 166 g/mol. The second kappa shape index (κ2) is 4.24. The number of hydrogen-bond acceptors (Lipinski definition) is 1. The summed E-state index contributed by atoms with van der Waals surface area (Å²) in [6, 6.07) is 0.785. The van der Waals surface area contributed by atoms with Gasteiger partial charge in [0, 0.05) is 19.1 Å². The summed E-state index contributed by atoms with van der Waals surface area (Å²) in [6.45, 7) is 4.76. The first kappa shape index (κ1) is 8.52. The van der Waals surface area contributed by atoms with Gasteiger partial charge in [0.2, 0.25) is 0 Å². The van der Waals surface area contributed by atoms with Crippen molar-refractivity contribution in [1.29, 1.82) is 0 Å². The van der Waals surface area contributed by atoms with E-state index in [1.807, 2.05) is 0 Å². The van der Waals surface area contributed by atoms with Gasteiger partial charge in [-0.15, -0.1) is 0 Å². The average Bonchev–Trinajstić information content (AvgIpc) is 2.21. The van der Waals surface area contributed by atoms with Crippen molar-refractivity contribution in [2.45, 2.75) is 31.7 Å². The Morgan fingerprint density at radius 3 is 2.75 bits per heavy atom. The molecule has 2 saturated heterocycles. The van der Waals surface area contributed by atoms with Gasteiger partial charge in [-0.3, -0.25) is 4.90 Å². The van der Waals surface area contributed by atoms with Gasteiger partial charge in [-0.2, -0.15) is 0 Å². The molecular weight excluding hydrogens is 148 g/mol. The smallest absolute Gasteiger partial charge is 0.0289 e. The van der Waals surface area contributed by atoms with Crippen LogP contribution in [0.4, 0.5) is 0 Å². The molecule has 2 radical (unpaired) electrons. The molecule has 0 aromatic rings. The number of likely N-dealkylation sites (tertiary alicyclic amines) is 1. The molecule has 0 aliphatic carbocycles. The predicted octanol–water partition coefficient (Wildman–Crippen LogP) is 1.05. The first-order valence-electron chi connectivity index (χ1n) is 5.16. The van der Waals surface area contributed by atoms with Crippen LogP contribution in [-0.2, 0) is 0 Å². The molecule has 0 N–H and O–H groups in total. The van der Waals surface area contributed by atoms with Gasteiger partial charge in [0.05, 0.1) is 0 Å². The third kappa shape index (κ3) is 1.99. The van der Waals surface area contributed by atoms with Crippen LogP contribution < -0.4 is 5.32 Å². The Hall–Kier alpha value is -0.0800. The van der Waals surface area contributed by atoms with Crippen LogP contribution in [0.1, 0.15) is 25.7 Å². The Balaban J connectivity index is 1.80. The van der Waals surface area contributed by atoms with E-state index in [1.165, 1.54) is 38.8 Å². The lowest BCUT2D eigenvalue weighted by Crippen LogP contribution is -2.45. The van der Waals surface area contributed by atoms with Gasteiger partial charge in [-0.25, -0.2) is 5.32 Å². The Labute approximate surface area is 75.3 Å². The number of rotatable bonds is 1. The zero-order valence-electron chi connectivity index (χ0n) is 7.71. The van der Waals surface area contributed by atoms with Crippen molar-refractivity contribution < 1.29 is 0 Å². The molecule has 0 amide bonds. The first-order valence-corrected chi connectivity index (χ1v) is 5.16. The second-order valence-electron chi connectivity index (χ2n) is 3.83. The molecular formula is C10H18N2. The third-order valence-corrected chi connectivity index (χ3v) is 2.95. The van der Waals surface area contributed by atoms with Crippen LogP contribution in [0.15, 0.2) is 0 Å². The molecule has 0 spiro atoms. The summed E-state index contributed by atoms with van der Waals surface area (Å²) >= 11 is 0. The maximum absolute atomic E-state index is 4.48. The fourth-order valence-corrected chi connectivity index (χ4v) is 2.20. The van der Waals surface area contributed by atoms with Crippen LogP contribution in [0.2, 0.25) is 0 Å². The summed E-state index contributed by atoms with van der Waals surface area (Å²) in [7, 11) is 0. The normalized spacial score (nSPS) is 33.5. The minimum absolute atomic E-state index is 0.785. The Kier molecular flexibility index (Phi) is 3.01.